The third-order valence-corrected chi connectivity index (χ3v) is 4.05. The van der Waals surface area contributed by atoms with Crippen LogP contribution in [0.2, 0.25) is 0 Å². The summed E-state index contributed by atoms with van der Waals surface area (Å²) in [5, 5.41) is 0.988. The van der Waals surface area contributed by atoms with E-state index in [1.807, 2.05) is 0 Å². The smallest absolute Gasteiger partial charge is 0.308 e. The van der Waals surface area contributed by atoms with Crippen LogP contribution in [0.5, 0.6) is 0 Å². The lowest BCUT2D eigenvalue weighted by atomic mass is 9.97. The van der Waals surface area contributed by atoms with E-state index in [1.165, 1.54) is 18.6 Å². The van der Waals surface area contributed by atoms with Gasteiger partial charge in [0, 0.05) is 31.0 Å². The summed E-state index contributed by atoms with van der Waals surface area (Å²) in [5.74, 6) is 0.903. The largest absolute Gasteiger partial charge is 0.469 e. The Bertz CT molecular complexity index is 400. The topological polar surface area (TPSA) is 55.3 Å². The molecule has 2 heterocycles. The van der Waals surface area contributed by atoms with E-state index < -0.39 is 0 Å². The molecule has 0 aliphatic carbocycles. The highest BCUT2D eigenvalue weighted by Gasteiger charge is 2.26. The van der Waals surface area contributed by atoms with Crippen molar-refractivity contribution in [2.75, 3.05) is 25.1 Å². The van der Waals surface area contributed by atoms with Crippen molar-refractivity contribution in [3.63, 3.8) is 0 Å². The number of carbonyl (C=O) groups excluding carboxylic acids is 1. The predicted octanol–water partition coefficient (Wildman–Crippen LogP) is 1.88. The second-order valence-electron chi connectivity index (χ2n) is 4.53. The highest BCUT2D eigenvalue weighted by molar-refractivity contribution is 7.09. The maximum absolute atomic E-state index is 11.4. The van der Waals surface area contributed by atoms with Crippen LogP contribution < -0.4 is 4.90 Å². The molecule has 0 saturated carbocycles. The summed E-state index contributed by atoms with van der Waals surface area (Å²) in [6.45, 7) is 3.85. The molecule has 0 bridgehead atoms. The molecule has 1 aliphatic rings. The van der Waals surface area contributed by atoms with Crippen LogP contribution in [0.25, 0.3) is 0 Å². The number of anilines is 1. The summed E-state index contributed by atoms with van der Waals surface area (Å²) in [5.41, 5.74) is 0. The van der Waals surface area contributed by atoms with Crippen molar-refractivity contribution in [1.29, 1.82) is 0 Å². The first kappa shape index (κ1) is 13.3. The first-order valence-electron chi connectivity index (χ1n) is 6.40. The van der Waals surface area contributed by atoms with Gasteiger partial charge in [-0.1, -0.05) is 6.92 Å². The fourth-order valence-corrected chi connectivity index (χ4v) is 2.93. The van der Waals surface area contributed by atoms with Crippen LogP contribution in [0.15, 0.2) is 0 Å². The van der Waals surface area contributed by atoms with Crippen LogP contribution in [0.4, 0.5) is 5.13 Å². The molecular formula is C12H19N3O2S. The van der Waals surface area contributed by atoms with E-state index in [2.05, 4.69) is 21.2 Å². The number of ether oxygens (including phenoxy) is 1. The van der Waals surface area contributed by atoms with Crippen LogP contribution in [0, 0.1) is 5.92 Å². The standard InChI is InChI=1S/C12H19N3O2S/c1-3-4-10-13-12(18-14-10)15-7-5-9(6-8-15)11(16)17-2/h9H,3-8H2,1-2H3. The summed E-state index contributed by atoms with van der Waals surface area (Å²) in [6.07, 6.45) is 3.69. The molecule has 1 aromatic rings. The molecule has 18 heavy (non-hydrogen) atoms. The fourth-order valence-electron chi connectivity index (χ4n) is 2.17. The summed E-state index contributed by atoms with van der Waals surface area (Å²) >= 11 is 1.46. The maximum Gasteiger partial charge on any atom is 0.308 e. The van der Waals surface area contributed by atoms with Crippen molar-refractivity contribution in [3.8, 4) is 0 Å². The van der Waals surface area contributed by atoms with Gasteiger partial charge in [0.1, 0.15) is 5.82 Å². The molecule has 6 heteroatoms. The molecule has 0 aromatic carbocycles. The number of carbonyl (C=O) groups is 1. The molecular weight excluding hydrogens is 250 g/mol. The SMILES string of the molecule is CCCc1nsc(N2CCC(C(=O)OC)CC2)n1. The number of methoxy groups -OCH3 is 1. The Morgan fingerprint density at radius 2 is 2.22 bits per heavy atom. The minimum Gasteiger partial charge on any atom is -0.469 e. The average Bonchev–Trinajstić information content (AvgIpc) is 2.87. The molecule has 0 amide bonds. The van der Waals surface area contributed by atoms with Gasteiger partial charge in [-0.25, -0.2) is 4.98 Å². The van der Waals surface area contributed by atoms with Crippen LogP contribution >= 0.6 is 11.5 Å². The quantitative estimate of drug-likeness (QED) is 0.781. The van der Waals surface area contributed by atoms with Gasteiger partial charge in [-0.3, -0.25) is 4.79 Å². The van der Waals surface area contributed by atoms with Crippen LogP contribution in [0.1, 0.15) is 32.0 Å². The van der Waals surface area contributed by atoms with Gasteiger partial charge in [0.15, 0.2) is 0 Å². The summed E-state index contributed by atoms with van der Waals surface area (Å²) in [6, 6.07) is 0. The van der Waals surface area contributed by atoms with E-state index in [4.69, 9.17) is 4.74 Å². The lowest BCUT2D eigenvalue weighted by molar-refractivity contribution is -0.146. The molecule has 0 N–H and O–H groups in total. The monoisotopic (exact) mass is 269 g/mol. The van der Waals surface area contributed by atoms with Gasteiger partial charge < -0.3 is 9.64 Å². The van der Waals surface area contributed by atoms with Gasteiger partial charge >= 0.3 is 5.97 Å². The third kappa shape index (κ3) is 2.98. The zero-order valence-electron chi connectivity index (χ0n) is 10.9. The Morgan fingerprint density at radius 1 is 1.50 bits per heavy atom. The Labute approximate surface area is 111 Å². The molecule has 1 aliphatic heterocycles. The van der Waals surface area contributed by atoms with E-state index in [9.17, 15) is 4.79 Å². The number of piperidine rings is 1. The lowest BCUT2D eigenvalue weighted by Crippen LogP contribution is -2.36. The van der Waals surface area contributed by atoms with Gasteiger partial charge in [0.05, 0.1) is 13.0 Å². The molecule has 100 valence electrons. The average molecular weight is 269 g/mol. The Balaban J connectivity index is 1.90. The van der Waals surface area contributed by atoms with Crippen molar-refractivity contribution >= 4 is 22.6 Å². The van der Waals surface area contributed by atoms with Crippen LogP contribution in [-0.4, -0.2) is 35.5 Å². The van der Waals surface area contributed by atoms with Crippen molar-refractivity contribution < 1.29 is 9.53 Å². The Kier molecular flexibility index (Phi) is 4.52. The van der Waals surface area contributed by atoms with Crippen LogP contribution in [0.3, 0.4) is 0 Å². The first-order chi connectivity index (χ1) is 8.74. The van der Waals surface area contributed by atoms with Gasteiger partial charge in [-0.2, -0.15) is 4.37 Å². The summed E-state index contributed by atoms with van der Waals surface area (Å²) in [4.78, 5) is 18.2. The highest BCUT2D eigenvalue weighted by Crippen LogP contribution is 2.25. The lowest BCUT2D eigenvalue weighted by Gasteiger charge is -2.29. The molecule has 1 fully saturated rings. The number of rotatable bonds is 4. The third-order valence-electron chi connectivity index (χ3n) is 3.23. The first-order valence-corrected chi connectivity index (χ1v) is 7.17. The van der Waals surface area contributed by atoms with Crippen LogP contribution in [-0.2, 0) is 16.0 Å². The van der Waals surface area contributed by atoms with Gasteiger partial charge in [-0.05, 0) is 19.3 Å². The highest BCUT2D eigenvalue weighted by atomic mass is 32.1. The van der Waals surface area contributed by atoms with Crippen molar-refractivity contribution in [2.45, 2.75) is 32.6 Å². The van der Waals surface area contributed by atoms with E-state index in [0.29, 0.717) is 0 Å². The number of hydrogen-bond acceptors (Lipinski definition) is 6. The number of nitrogens with zero attached hydrogens (tertiary/aromatic N) is 3. The number of aryl methyl sites for hydroxylation is 1. The molecule has 0 radical (unpaired) electrons. The van der Waals surface area contributed by atoms with E-state index in [1.54, 1.807) is 0 Å². The minimum absolute atomic E-state index is 0.0503. The van der Waals surface area contributed by atoms with Crippen molar-refractivity contribution in [3.05, 3.63) is 5.82 Å². The van der Waals surface area contributed by atoms with Gasteiger partial charge in [0.25, 0.3) is 0 Å². The number of aromatic nitrogens is 2. The maximum atomic E-state index is 11.4. The summed E-state index contributed by atoms with van der Waals surface area (Å²) in [7, 11) is 1.45. The molecule has 5 nitrogen and oxygen atoms in total. The number of esters is 1. The molecule has 0 atom stereocenters. The normalized spacial score (nSPS) is 16.9. The van der Waals surface area contributed by atoms with Gasteiger partial charge in [-0.15, -0.1) is 0 Å². The molecule has 1 saturated heterocycles. The predicted molar refractivity (Wildman–Crippen MR) is 70.9 cm³/mol. The minimum atomic E-state index is -0.0846. The zero-order valence-corrected chi connectivity index (χ0v) is 11.7. The van der Waals surface area contributed by atoms with E-state index in [-0.39, 0.29) is 11.9 Å². The Hall–Kier alpha value is -1.17. The van der Waals surface area contributed by atoms with E-state index in [0.717, 1.165) is 49.7 Å². The summed E-state index contributed by atoms with van der Waals surface area (Å²) < 4.78 is 9.13. The van der Waals surface area contributed by atoms with Crippen molar-refractivity contribution in [1.82, 2.24) is 9.36 Å². The second-order valence-corrected chi connectivity index (χ2v) is 5.26. The fraction of sp³-hybridized carbons (Fsp3) is 0.750. The zero-order chi connectivity index (χ0) is 13.0. The second kappa shape index (κ2) is 6.13. The molecule has 2 rings (SSSR count). The number of hydrogen-bond donors (Lipinski definition) is 0. The Morgan fingerprint density at radius 3 is 2.83 bits per heavy atom. The molecule has 1 aromatic heterocycles. The molecule has 0 spiro atoms. The van der Waals surface area contributed by atoms with E-state index >= 15 is 0 Å². The van der Waals surface area contributed by atoms with Crippen molar-refractivity contribution in [2.24, 2.45) is 5.92 Å². The van der Waals surface area contributed by atoms with Gasteiger partial charge in [0.2, 0.25) is 5.13 Å². The molecule has 0 unspecified atom stereocenters.